The van der Waals surface area contributed by atoms with E-state index in [1.54, 1.807) is 12.1 Å². The number of hydrogen-bond acceptors (Lipinski definition) is 6. The zero-order valence-electron chi connectivity index (χ0n) is 12.5. The third kappa shape index (κ3) is 3.50. The van der Waals surface area contributed by atoms with Gasteiger partial charge in [-0.3, -0.25) is 14.9 Å². The van der Waals surface area contributed by atoms with Crippen LogP contribution in [-0.4, -0.2) is 37.1 Å². The quantitative estimate of drug-likeness (QED) is 0.671. The molecule has 0 aliphatic carbocycles. The summed E-state index contributed by atoms with van der Waals surface area (Å²) in [4.78, 5) is 24.3. The van der Waals surface area contributed by atoms with Crippen molar-refractivity contribution in [3.8, 4) is 0 Å². The summed E-state index contributed by atoms with van der Waals surface area (Å²) in [5.74, 6) is -1.21. The first-order valence-corrected chi connectivity index (χ1v) is 7.60. The monoisotopic (exact) mass is 351 g/mol. The number of benzene rings is 1. The van der Waals surface area contributed by atoms with Crippen LogP contribution in [0.1, 0.15) is 10.6 Å². The average Bonchev–Trinajstić information content (AvgIpc) is 3.06. The van der Waals surface area contributed by atoms with Crippen LogP contribution in [0.4, 0.5) is 17.3 Å². The zero-order chi connectivity index (χ0) is 17.1. The Morgan fingerprint density at radius 1 is 1.25 bits per heavy atom. The summed E-state index contributed by atoms with van der Waals surface area (Å²) in [5, 5.41) is 13.8. The van der Waals surface area contributed by atoms with E-state index in [-0.39, 0.29) is 5.76 Å². The topological polar surface area (TPSA) is 97.9 Å². The Kier molecular flexibility index (Phi) is 4.68. The first kappa shape index (κ1) is 16.3. The minimum atomic E-state index is -0.699. The number of carbonyl (C=O) groups excluding carboxylic acids is 1. The van der Waals surface area contributed by atoms with Gasteiger partial charge in [0, 0.05) is 18.1 Å². The van der Waals surface area contributed by atoms with Crippen LogP contribution in [0.25, 0.3) is 0 Å². The van der Waals surface area contributed by atoms with Crippen LogP contribution in [-0.2, 0) is 4.74 Å². The third-order valence-corrected chi connectivity index (χ3v) is 3.79. The number of hydrogen-bond donors (Lipinski definition) is 1. The second-order valence-corrected chi connectivity index (χ2v) is 5.55. The normalized spacial score (nSPS) is 14.5. The van der Waals surface area contributed by atoms with Gasteiger partial charge < -0.3 is 19.4 Å². The molecule has 0 saturated carbocycles. The van der Waals surface area contributed by atoms with Crippen molar-refractivity contribution in [1.82, 2.24) is 0 Å². The predicted molar refractivity (Wildman–Crippen MR) is 87.8 cm³/mol. The van der Waals surface area contributed by atoms with Gasteiger partial charge in [0.1, 0.15) is 4.92 Å². The lowest BCUT2D eigenvalue weighted by Gasteiger charge is -2.30. The van der Waals surface area contributed by atoms with Gasteiger partial charge in [-0.1, -0.05) is 11.6 Å². The summed E-state index contributed by atoms with van der Waals surface area (Å²) in [6.07, 6.45) is 0. The predicted octanol–water partition coefficient (Wildman–Crippen LogP) is 2.93. The van der Waals surface area contributed by atoms with E-state index in [1.807, 2.05) is 6.07 Å². The summed E-state index contributed by atoms with van der Waals surface area (Å²) in [6.45, 7) is 2.58. The summed E-state index contributed by atoms with van der Waals surface area (Å²) in [6, 6.07) is 7.57. The highest BCUT2D eigenvalue weighted by Gasteiger charge is 2.20. The van der Waals surface area contributed by atoms with Crippen LogP contribution in [0.5, 0.6) is 0 Å². The molecule has 2 heterocycles. The van der Waals surface area contributed by atoms with Gasteiger partial charge in [0.25, 0.3) is 5.91 Å². The first-order chi connectivity index (χ1) is 11.5. The Balaban J connectivity index is 1.83. The van der Waals surface area contributed by atoms with E-state index in [4.69, 9.17) is 20.8 Å². The molecule has 1 aromatic carbocycles. The van der Waals surface area contributed by atoms with Crippen LogP contribution in [0, 0.1) is 10.1 Å². The molecule has 0 spiro atoms. The molecule has 1 amide bonds. The van der Waals surface area contributed by atoms with Crippen LogP contribution in [0.2, 0.25) is 5.02 Å². The molecular weight excluding hydrogens is 338 g/mol. The molecule has 3 rings (SSSR count). The second-order valence-electron chi connectivity index (χ2n) is 5.11. The molecular formula is C15H14ClN3O5. The maximum absolute atomic E-state index is 12.3. The van der Waals surface area contributed by atoms with Crippen molar-refractivity contribution in [2.24, 2.45) is 0 Å². The van der Waals surface area contributed by atoms with E-state index in [1.165, 1.54) is 6.07 Å². The number of carbonyl (C=O) groups is 1. The Hall–Kier alpha value is -2.58. The highest BCUT2D eigenvalue weighted by molar-refractivity contribution is 6.31. The fourth-order valence-corrected chi connectivity index (χ4v) is 2.59. The number of ether oxygens (including phenoxy) is 1. The maximum Gasteiger partial charge on any atom is 0.433 e. The van der Waals surface area contributed by atoms with Crippen molar-refractivity contribution in [3.05, 3.63) is 51.2 Å². The van der Waals surface area contributed by atoms with E-state index in [2.05, 4.69) is 10.2 Å². The van der Waals surface area contributed by atoms with Gasteiger partial charge in [0.15, 0.2) is 5.76 Å². The van der Waals surface area contributed by atoms with Gasteiger partial charge in [-0.05, 0) is 24.3 Å². The molecule has 1 N–H and O–H groups in total. The lowest BCUT2D eigenvalue weighted by molar-refractivity contribution is -0.402. The minimum Gasteiger partial charge on any atom is -0.395 e. The van der Waals surface area contributed by atoms with Crippen LogP contribution in [0.15, 0.2) is 34.7 Å². The fourth-order valence-electron chi connectivity index (χ4n) is 2.42. The van der Waals surface area contributed by atoms with E-state index in [0.29, 0.717) is 37.0 Å². The molecule has 9 heteroatoms. The smallest absolute Gasteiger partial charge is 0.395 e. The number of halogens is 1. The van der Waals surface area contributed by atoms with Crippen LogP contribution < -0.4 is 10.2 Å². The molecule has 1 aliphatic rings. The number of rotatable bonds is 4. The molecule has 126 valence electrons. The van der Waals surface area contributed by atoms with E-state index in [0.717, 1.165) is 11.8 Å². The van der Waals surface area contributed by atoms with Crippen molar-refractivity contribution in [2.45, 2.75) is 0 Å². The molecule has 1 fully saturated rings. The molecule has 0 radical (unpaired) electrons. The van der Waals surface area contributed by atoms with Crippen molar-refractivity contribution in [1.29, 1.82) is 0 Å². The molecule has 1 aliphatic heterocycles. The molecule has 2 aromatic rings. The molecule has 0 atom stereocenters. The Bertz CT molecular complexity index is 770. The second kappa shape index (κ2) is 6.90. The van der Waals surface area contributed by atoms with Crippen LogP contribution in [0.3, 0.4) is 0 Å². The van der Waals surface area contributed by atoms with Gasteiger partial charge in [0.05, 0.1) is 30.7 Å². The first-order valence-electron chi connectivity index (χ1n) is 7.22. The van der Waals surface area contributed by atoms with Gasteiger partial charge in [-0.25, -0.2) is 0 Å². The van der Waals surface area contributed by atoms with E-state index < -0.39 is 16.7 Å². The van der Waals surface area contributed by atoms with Gasteiger partial charge in [0.2, 0.25) is 0 Å². The average molecular weight is 352 g/mol. The molecule has 24 heavy (non-hydrogen) atoms. The Labute approximate surface area is 142 Å². The largest absolute Gasteiger partial charge is 0.433 e. The fraction of sp³-hybridized carbons (Fsp3) is 0.267. The van der Waals surface area contributed by atoms with Crippen molar-refractivity contribution in [3.63, 3.8) is 0 Å². The molecule has 0 unspecified atom stereocenters. The highest BCUT2D eigenvalue weighted by Crippen LogP contribution is 2.30. The van der Waals surface area contributed by atoms with Gasteiger partial charge in [-0.15, -0.1) is 0 Å². The summed E-state index contributed by atoms with van der Waals surface area (Å²) in [7, 11) is 0. The number of anilines is 2. The van der Waals surface area contributed by atoms with Crippen molar-refractivity contribution in [2.75, 3.05) is 36.5 Å². The maximum atomic E-state index is 12.3. The molecule has 1 saturated heterocycles. The molecule has 0 bridgehead atoms. The number of amides is 1. The minimum absolute atomic E-state index is 0.144. The highest BCUT2D eigenvalue weighted by atomic mass is 35.5. The number of nitrogens with one attached hydrogen (secondary N) is 1. The standard InChI is InChI=1S/C15H14ClN3O5/c16-10-1-2-12(18-5-7-23-8-6-18)11(9-10)17-15(20)13-3-4-14(24-13)19(21)22/h1-4,9H,5-8H2,(H,17,20). The van der Waals surface area contributed by atoms with Gasteiger partial charge >= 0.3 is 5.88 Å². The SMILES string of the molecule is O=C(Nc1cc(Cl)ccc1N1CCOCC1)c1ccc([N+](=O)[O-])o1. The Morgan fingerprint density at radius 2 is 2.00 bits per heavy atom. The lowest BCUT2D eigenvalue weighted by atomic mass is 10.2. The summed E-state index contributed by atoms with van der Waals surface area (Å²) in [5.41, 5.74) is 1.31. The summed E-state index contributed by atoms with van der Waals surface area (Å²) < 4.78 is 10.2. The van der Waals surface area contributed by atoms with E-state index >= 15 is 0 Å². The molecule has 1 aromatic heterocycles. The van der Waals surface area contributed by atoms with Crippen molar-refractivity contribution >= 4 is 34.8 Å². The Morgan fingerprint density at radius 3 is 2.67 bits per heavy atom. The third-order valence-electron chi connectivity index (χ3n) is 3.55. The lowest BCUT2D eigenvalue weighted by Crippen LogP contribution is -2.36. The number of nitrogens with zero attached hydrogens (tertiary/aromatic N) is 2. The number of nitro groups is 1. The number of furan rings is 1. The zero-order valence-corrected chi connectivity index (χ0v) is 13.3. The summed E-state index contributed by atoms with van der Waals surface area (Å²) >= 11 is 6.02. The van der Waals surface area contributed by atoms with E-state index in [9.17, 15) is 14.9 Å². The van der Waals surface area contributed by atoms with Gasteiger partial charge in [-0.2, -0.15) is 0 Å². The van der Waals surface area contributed by atoms with Crippen LogP contribution >= 0.6 is 11.6 Å². The van der Waals surface area contributed by atoms with Crippen molar-refractivity contribution < 1.29 is 18.9 Å². The number of morpholine rings is 1. The molecule has 8 nitrogen and oxygen atoms in total.